The van der Waals surface area contributed by atoms with Crippen LogP contribution in [0.5, 0.6) is 0 Å². The molecule has 1 N–H and O–H groups in total. The van der Waals surface area contributed by atoms with Crippen LogP contribution < -0.4 is 0 Å². The highest BCUT2D eigenvalue weighted by Crippen LogP contribution is 2.39. The third-order valence-electron chi connectivity index (χ3n) is 4.23. The summed E-state index contributed by atoms with van der Waals surface area (Å²) in [6.45, 7) is 9.12. The van der Waals surface area contributed by atoms with Gasteiger partial charge >= 0.3 is 0 Å². The minimum absolute atomic E-state index is 0.331. The number of hydrogen-bond donors (Lipinski definition) is 1. The molecule has 2 unspecified atom stereocenters. The lowest BCUT2D eigenvalue weighted by molar-refractivity contribution is -0.0332. The molecule has 1 saturated carbocycles. The highest BCUT2D eigenvalue weighted by Gasteiger charge is 2.34. The van der Waals surface area contributed by atoms with E-state index >= 15 is 0 Å². The molecule has 0 radical (unpaired) electrons. The maximum absolute atomic E-state index is 10.6. The van der Waals surface area contributed by atoms with Crippen molar-refractivity contribution in [2.45, 2.75) is 78.2 Å². The molecule has 1 heteroatoms. The van der Waals surface area contributed by atoms with Gasteiger partial charge in [0.25, 0.3) is 0 Å². The lowest BCUT2D eigenvalue weighted by Gasteiger charge is -2.38. The van der Waals surface area contributed by atoms with Crippen LogP contribution in [0.15, 0.2) is 0 Å². The van der Waals surface area contributed by atoms with E-state index in [1.807, 2.05) is 0 Å². The standard InChI is InChI=1S/C15H30O/c1-12(2)7-5-9-15(16)10-6-8-14(11-15)13(3)4/h12-14,16H,5-11H2,1-4H3. The van der Waals surface area contributed by atoms with Gasteiger partial charge in [0.15, 0.2) is 0 Å². The predicted molar refractivity (Wildman–Crippen MR) is 70.4 cm³/mol. The normalized spacial score (nSPS) is 31.3. The number of hydrogen-bond acceptors (Lipinski definition) is 1. The number of aliphatic hydroxyl groups is 1. The first-order chi connectivity index (χ1) is 7.43. The molecule has 0 bridgehead atoms. The van der Waals surface area contributed by atoms with Crippen LogP contribution in [0.25, 0.3) is 0 Å². The maximum Gasteiger partial charge on any atom is 0.0650 e. The molecule has 0 saturated heterocycles. The van der Waals surface area contributed by atoms with Crippen molar-refractivity contribution >= 4 is 0 Å². The van der Waals surface area contributed by atoms with E-state index < -0.39 is 0 Å². The van der Waals surface area contributed by atoms with Gasteiger partial charge in [-0.05, 0) is 43.4 Å². The zero-order chi connectivity index (χ0) is 12.2. The topological polar surface area (TPSA) is 20.2 Å². The summed E-state index contributed by atoms with van der Waals surface area (Å²) in [5, 5.41) is 10.6. The Morgan fingerprint density at radius 1 is 1.25 bits per heavy atom. The van der Waals surface area contributed by atoms with Gasteiger partial charge in [-0.3, -0.25) is 0 Å². The summed E-state index contributed by atoms with van der Waals surface area (Å²) in [6, 6.07) is 0. The van der Waals surface area contributed by atoms with E-state index in [9.17, 15) is 5.11 Å². The minimum Gasteiger partial charge on any atom is -0.390 e. The lowest BCUT2D eigenvalue weighted by atomic mass is 9.72. The molecule has 16 heavy (non-hydrogen) atoms. The van der Waals surface area contributed by atoms with E-state index in [1.54, 1.807) is 0 Å². The van der Waals surface area contributed by atoms with Gasteiger partial charge in [-0.15, -0.1) is 0 Å². The molecule has 0 aromatic heterocycles. The van der Waals surface area contributed by atoms with E-state index in [0.29, 0.717) is 0 Å². The molecule has 1 rings (SSSR count). The van der Waals surface area contributed by atoms with Crippen molar-refractivity contribution in [2.75, 3.05) is 0 Å². The van der Waals surface area contributed by atoms with Crippen molar-refractivity contribution < 1.29 is 5.11 Å². The molecule has 0 aromatic carbocycles. The van der Waals surface area contributed by atoms with Crippen molar-refractivity contribution in [1.82, 2.24) is 0 Å². The molecule has 0 spiro atoms. The van der Waals surface area contributed by atoms with E-state index in [0.717, 1.165) is 37.0 Å². The Morgan fingerprint density at radius 2 is 1.94 bits per heavy atom. The Hall–Kier alpha value is -0.0400. The number of rotatable bonds is 5. The van der Waals surface area contributed by atoms with E-state index in [2.05, 4.69) is 27.7 Å². The SMILES string of the molecule is CC(C)CCCC1(O)CCCC(C(C)C)C1. The van der Waals surface area contributed by atoms with Crippen LogP contribution in [0.3, 0.4) is 0 Å². The van der Waals surface area contributed by atoms with Crippen LogP contribution >= 0.6 is 0 Å². The van der Waals surface area contributed by atoms with Gasteiger partial charge in [0, 0.05) is 0 Å². The summed E-state index contributed by atoms with van der Waals surface area (Å²) < 4.78 is 0. The van der Waals surface area contributed by atoms with E-state index in [1.165, 1.54) is 25.7 Å². The first-order valence-corrected chi connectivity index (χ1v) is 7.15. The van der Waals surface area contributed by atoms with Gasteiger partial charge in [-0.1, -0.05) is 47.0 Å². The van der Waals surface area contributed by atoms with Gasteiger partial charge < -0.3 is 5.11 Å². The van der Waals surface area contributed by atoms with Gasteiger partial charge in [-0.25, -0.2) is 0 Å². The predicted octanol–water partition coefficient (Wildman–Crippen LogP) is 4.39. The molecule has 1 fully saturated rings. The van der Waals surface area contributed by atoms with Crippen LogP contribution in [0.2, 0.25) is 0 Å². The van der Waals surface area contributed by atoms with Crippen molar-refractivity contribution in [3.05, 3.63) is 0 Å². The molecule has 0 amide bonds. The van der Waals surface area contributed by atoms with Crippen molar-refractivity contribution in [2.24, 2.45) is 17.8 Å². The average Bonchev–Trinajstić information content (AvgIpc) is 2.16. The highest BCUT2D eigenvalue weighted by atomic mass is 16.3. The second kappa shape index (κ2) is 6.05. The van der Waals surface area contributed by atoms with E-state index in [-0.39, 0.29) is 5.60 Å². The first kappa shape index (κ1) is 14.0. The molecule has 2 atom stereocenters. The smallest absolute Gasteiger partial charge is 0.0650 e. The Morgan fingerprint density at radius 3 is 2.50 bits per heavy atom. The Balaban J connectivity index is 2.37. The molecule has 1 nitrogen and oxygen atoms in total. The van der Waals surface area contributed by atoms with Crippen LogP contribution in [-0.2, 0) is 0 Å². The van der Waals surface area contributed by atoms with Crippen LogP contribution in [0.1, 0.15) is 72.6 Å². The molecule has 0 heterocycles. The van der Waals surface area contributed by atoms with E-state index in [4.69, 9.17) is 0 Å². The summed E-state index contributed by atoms with van der Waals surface area (Å²) in [7, 11) is 0. The van der Waals surface area contributed by atoms with Crippen LogP contribution in [-0.4, -0.2) is 10.7 Å². The summed E-state index contributed by atoms with van der Waals surface area (Å²) in [6.07, 6.45) is 8.10. The third kappa shape index (κ3) is 4.45. The molecular formula is C15H30O. The highest BCUT2D eigenvalue weighted by molar-refractivity contribution is 4.87. The fraction of sp³-hybridized carbons (Fsp3) is 1.00. The van der Waals surface area contributed by atoms with Gasteiger partial charge in [0.2, 0.25) is 0 Å². The average molecular weight is 226 g/mol. The zero-order valence-corrected chi connectivity index (χ0v) is 11.6. The largest absolute Gasteiger partial charge is 0.390 e. The molecule has 1 aliphatic carbocycles. The summed E-state index contributed by atoms with van der Waals surface area (Å²) in [4.78, 5) is 0. The summed E-state index contributed by atoms with van der Waals surface area (Å²) in [5.74, 6) is 2.25. The fourth-order valence-electron chi connectivity index (χ4n) is 3.02. The molecule has 96 valence electrons. The molecule has 0 aliphatic heterocycles. The molecule has 0 aromatic rings. The Labute approximate surface area is 102 Å². The van der Waals surface area contributed by atoms with Crippen molar-refractivity contribution in [3.8, 4) is 0 Å². The maximum atomic E-state index is 10.6. The van der Waals surface area contributed by atoms with Crippen LogP contribution in [0, 0.1) is 17.8 Å². The second-order valence-electron chi connectivity index (χ2n) is 6.61. The van der Waals surface area contributed by atoms with Crippen molar-refractivity contribution in [3.63, 3.8) is 0 Å². The second-order valence-corrected chi connectivity index (χ2v) is 6.61. The minimum atomic E-state index is -0.331. The molecule has 1 aliphatic rings. The summed E-state index contributed by atoms with van der Waals surface area (Å²) >= 11 is 0. The monoisotopic (exact) mass is 226 g/mol. The lowest BCUT2D eigenvalue weighted by Crippen LogP contribution is -2.36. The Bertz CT molecular complexity index is 198. The zero-order valence-electron chi connectivity index (χ0n) is 11.6. The van der Waals surface area contributed by atoms with Gasteiger partial charge in [-0.2, -0.15) is 0 Å². The Kier molecular flexibility index (Phi) is 5.30. The van der Waals surface area contributed by atoms with Crippen molar-refractivity contribution in [1.29, 1.82) is 0 Å². The van der Waals surface area contributed by atoms with Gasteiger partial charge in [0.05, 0.1) is 5.60 Å². The summed E-state index contributed by atoms with van der Waals surface area (Å²) in [5.41, 5.74) is -0.331. The van der Waals surface area contributed by atoms with Crippen LogP contribution in [0.4, 0.5) is 0 Å². The third-order valence-corrected chi connectivity index (χ3v) is 4.23. The molecular weight excluding hydrogens is 196 g/mol. The van der Waals surface area contributed by atoms with Gasteiger partial charge in [0.1, 0.15) is 0 Å². The first-order valence-electron chi connectivity index (χ1n) is 7.15. The quantitative estimate of drug-likeness (QED) is 0.737. The fourth-order valence-corrected chi connectivity index (χ4v) is 3.02.